The average Bonchev–Trinajstić information content (AvgIpc) is 3.51. The zero-order valence-corrected chi connectivity index (χ0v) is 24.2. The minimum atomic E-state index is -4.75. The summed E-state index contributed by atoms with van der Waals surface area (Å²) in [5.41, 5.74) is 4.38. The second-order valence-electron chi connectivity index (χ2n) is 12.1. The highest BCUT2D eigenvalue weighted by atomic mass is 35.5. The molecule has 234 valence electrons. The Bertz CT molecular complexity index is 1430. The van der Waals surface area contributed by atoms with E-state index in [1.807, 2.05) is 0 Å². The van der Waals surface area contributed by atoms with E-state index in [1.165, 1.54) is 6.07 Å². The van der Waals surface area contributed by atoms with Crippen LogP contribution in [0, 0.1) is 0 Å². The van der Waals surface area contributed by atoms with Crippen LogP contribution in [0.4, 0.5) is 33.5 Å². The lowest BCUT2D eigenvalue weighted by Crippen LogP contribution is -2.50. The minimum absolute atomic E-state index is 0.00400. The number of aromatic nitrogens is 2. The van der Waals surface area contributed by atoms with Crippen molar-refractivity contribution in [3.8, 4) is 6.01 Å². The van der Waals surface area contributed by atoms with Crippen LogP contribution in [0.2, 0.25) is 5.02 Å². The van der Waals surface area contributed by atoms with E-state index in [4.69, 9.17) is 26.8 Å². The van der Waals surface area contributed by atoms with E-state index < -0.39 is 40.7 Å². The summed E-state index contributed by atoms with van der Waals surface area (Å²) >= 11 is 6.01. The van der Waals surface area contributed by atoms with Gasteiger partial charge in [-0.15, -0.1) is 0 Å². The molecule has 1 aromatic carbocycles. The van der Waals surface area contributed by atoms with Gasteiger partial charge in [0.2, 0.25) is 0 Å². The number of β-amino-alcohol motifs (C(OH)–C–C–N with tert-alkyl or cyclic N) is 1. The van der Waals surface area contributed by atoms with Gasteiger partial charge in [0.15, 0.2) is 0 Å². The highest BCUT2D eigenvalue weighted by Crippen LogP contribution is 2.45. The Morgan fingerprint density at radius 3 is 2.74 bits per heavy atom. The normalized spacial score (nSPS) is 28.8. The topological polar surface area (TPSA) is 97.0 Å². The number of piperidine rings is 1. The maximum Gasteiger partial charge on any atom is 0.418 e. The molecule has 4 aliphatic heterocycles. The van der Waals surface area contributed by atoms with Crippen LogP contribution in [0.3, 0.4) is 0 Å². The van der Waals surface area contributed by atoms with Crippen molar-refractivity contribution >= 4 is 23.1 Å². The Balaban J connectivity index is 1.36. The number of aliphatic hydroxyl groups is 1. The molecule has 0 saturated carbocycles. The number of fused-ring (bicyclic) bond motifs is 2. The molecule has 1 aromatic heterocycles. The monoisotopic (exact) mass is 629 g/mol. The van der Waals surface area contributed by atoms with Gasteiger partial charge in [0.25, 0.3) is 0 Å². The molecule has 3 saturated heterocycles. The van der Waals surface area contributed by atoms with E-state index in [9.17, 15) is 27.1 Å². The van der Waals surface area contributed by atoms with E-state index in [0.717, 1.165) is 25.5 Å². The van der Waals surface area contributed by atoms with E-state index in [1.54, 1.807) is 4.90 Å². The van der Waals surface area contributed by atoms with Gasteiger partial charge < -0.3 is 25.2 Å². The lowest BCUT2D eigenvalue weighted by Gasteiger charge is -2.40. The van der Waals surface area contributed by atoms with Crippen molar-refractivity contribution in [3.05, 3.63) is 51.4 Å². The number of benzene rings is 1. The number of anilines is 2. The summed E-state index contributed by atoms with van der Waals surface area (Å²) in [7, 11) is 0. The number of alkyl halides is 4. The standard InChI is InChI=1S/C29H33ClF5N5O3/c30-21-8-18(36)7-19(24(21)29(33,34)35)23-9-22-20(13-42-23)25(39-5-2-4-28(41,14-32)15-39)38-26(37-22)43-16-27-3-1-6-40(27)12-17(10-27)11-31/h7-8,11,23,41H,1-6,9-10,12-16,36H2/b17-11-/t23-,27-,28?/m0/s1. The van der Waals surface area contributed by atoms with Crippen molar-refractivity contribution in [1.82, 2.24) is 14.9 Å². The first-order valence-electron chi connectivity index (χ1n) is 14.3. The van der Waals surface area contributed by atoms with Gasteiger partial charge in [-0.25, -0.2) is 8.78 Å². The molecule has 6 rings (SSSR count). The van der Waals surface area contributed by atoms with Gasteiger partial charge >= 0.3 is 12.2 Å². The number of hydrogen-bond donors (Lipinski definition) is 2. The lowest BCUT2D eigenvalue weighted by atomic mass is 9.92. The van der Waals surface area contributed by atoms with Crippen LogP contribution < -0.4 is 15.4 Å². The third kappa shape index (κ3) is 5.76. The molecule has 5 heterocycles. The van der Waals surface area contributed by atoms with Crippen LogP contribution in [0.5, 0.6) is 6.01 Å². The quantitative estimate of drug-likeness (QED) is 0.328. The second-order valence-corrected chi connectivity index (χ2v) is 12.5. The molecule has 0 spiro atoms. The van der Waals surface area contributed by atoms with Crippen molar-refractivity contribution in [1.29, 1.82) is 0 Å². The maximum atomic E-state index is 14.1. The smallest absolute Gasteiger partial charge is 0.418 e. The molecule has 8 nitrogen and oxygen atoms in total. The molecule has 3 atom stereocenters. The largest absolute Gasteiger partial charge is 0.461 e. The third-order valence-corrected chi connectivity index (χ3v) is 9.35. The zero-order valence-electron chi connectivity index (χ0n) is 23.4. The first kappa shape index (κ1) is 30.3. The first-order valence-corrected chi connectivity index (χ1v) is 14.7. The predicted octanol–water partition coefficient (Wildman–Crippen LogP) is 5.32. The fourth-order valence-electron chi connectivity index (χ4n) is 7.01. The Kier molecular flexibility index (Phi) is 7.97. The predicted molar refractivity (Wildman–Crippen MR) is 149 cm³/mol. The van der Waals surface area contributed by atoms with E-state index in [0.29, 0.717) is 54.9 Å². The molecule has 2 aromatic rings. The molecule has 3 N–H and O–H groups in total. The summed E-state index contributed by atoms with van der Waals surface area (Å²) in [6.45, 7) is 0.913. The molecule has 0 aliphatic carbocycles. The van der Waals surface area contributed by atoms with E-state index in [-0.39, 0.29) is 49.9 Å². The average molecular weight is 630 g/mol. The van der Waals surface area contributed by atoms with Crippen LogP contribution in [0.25, 0.3) is 0 Å². The molecule has 14 heteroatoms. The highest BCUT2D eigenvalue weighted by Gasteiger charge is 2.47. The number of hydrogen-bond acceptors (Lipinski definition) is 8. The van der Waals surface area contributed by atoms with Gasteiger partial charge in [-0.2, -0.15) is 23.1 Å². The number of halogens is 6. The van der Waals surface area contributed by atoms with Gasteiger partial charge in [0, 0.05) is 30.8 Å². The molecular weight excluding hydrogens is 597 g/mol. The lowest BCUT2D eigenvalue weighted by molar-refractivity contribution is -0.139. The fraction of sp³-hybridized carbons (Fsp3) is 0.586. The minimum Gasteiger partial charge on any atom is -0.461 e. The van der Waals surface area contributed by atoms with Gasteiger partial charge in [-0.1, -0.05) is 11.6 Å². The Labute approximate surface area is 250 Å². The van der Waals surface area contributed by atoms with Crippen LogP contribution >= 0.6 is 11.6 Å². The SMILES string of the molecule is Nc1cc(Cl)c(C(F)(F)F)c([C@@H]2Cc3nc(OC[C@@]45CCCN4C/C(=C\F)C5)nc(N4CCCC(O)(CF)C4)c3CO2)c1. The summed E-state index contributed by atoms with van der Waals surface area (Å²) in [6.07, 6.45) is -2.17. The molecular formula is C29H33ClF5N5O3. The summed E-state index contributed by atoms with van der Waals surface area (Å²) in [6, 6.07) is 2.27. The van der Waals surface area contributed by atoms with Crippen LogP contribution in [0.1, 0.15) is 60.6 Å². The summed E-state index contributed by atoms with van der Waals surface area (Å²) in [5.74, 6) is 0.378. The van der Waals surface area contributed by atoms with Crippen LogP contribution in [-0.4, -0.2) is 70.6 Å². The molecule has 0 amide bonds. The molecule has 43 heavy (non-hydrogen) atoms. The van der Waals surface area contributed by atoms with Crippen LogP contribution in [-0.2, 0) is 23.9 Å². The maximum absolute atomic E-state index is 14.1. The van der Waals surface area contributed by atoms with E-state index >= 15 is 0 Å². The molecule has 3 fully saturated rings. The van der Waals surface area contributed by atoms with Crippen molar-refractivity contribution in [2.75, 3.05) is 50.1 Å². The first-order chi connectivity index (χ1) is 20.4. The highest BCUT2D eigenvalue weighted by molar-refractivity contribution is 6.31. The Morgan fingerprint density at radius 2 is 2.00 bits per heavy atom. The number of rotatable bonds is 6. The number of nitrogens with zero attached hydrogens (tertiary/aromatic N) is 4. The Morgan fingerprint density at radius 1 is 1.21 bits per heavy atom. The third-order valence-electron chi connectivity index (χ3n) is 9.05. The van der Waals surface area contributed by atoms with E-state index in [2.05, 4.69) is 14.9 Å². The van der Waals surface area contributed by atoms with Crippen LogP contribution in [0.15, 0.2) is 24.0 Å². The molecule has 4 aliphatic rings. The molecule has 0 radical (unpaired) electrons. The summed E-state index contributed by atoms with van der Waals surface area (Å²) < 4.78 is 81.5. The van der Waals surface area contributed by atoms with Crippen molar-refractivity contribution in [3.63, 3.8) is 0 Å². The number of ether oxygens (including phenoxy) is 2. The Hall–Kier alpha value is -2.74. The fourth-order valence-corrected chi connectivity index (χ4v) is 7.35. The van der Waals surface area contributed by atoms with Crippen molar-refractivity contribution < 1.29 is 36.5 Å². The van der Waals surface area contributed by atoms with Crippen molar-refractivity contribution in [2.24, 2.45) is 0 Å². The molecule has 0 bridgehead atoms. The van der Waals surface area contributed by atoms with Gasteiger partial charge in [-0.05, 0) is 61.9 Å². The number of nitrogens with two attached hydrogens (primary N) is 1. The molecule has 1 unspecified atom stereocenters. The summed E-state index contributed by atoms with van der Waals surface area (Å²) in [5, 5.41) is 10.2. The summed E-state index contributed by atoms with van der Waals surface area (Å²) in [4.78, 5) is 13.2. The zero-order chi connectivity index (χ0) is 30.6. The van der Waals surface area contributed by atoms with Gasteiger partial charge in [-0.3, -0.25) is 4.90 Å². The second kappa shape index (κ2) is 11.3. The van der Waals surface area contributed by atoms with Gasteiger partial charge in [0.05, 0.1) is 47.4 Å². The van der Waals surface area contributed by atoms with Gasteiger partial charge in [0.1, 0.15) is 24.7 Å². The van der Waals surface area contributed by atoms with Crippen molar-refractivity contribution in [2.45, 2.75) is 68.6 Å². The number of nitrogen functional groups attached to an aromatic ring is 1.